The minimum Gasteiger partial charge on any atom is -0.299 e. The lowest BCUT2D eigenvalue weighted by Crippen LogP contribution is -1.92. The van der Waals surface area contributed by atoms with Crippen LogP contribution >= 0.6 is 23.3 Å². The molecule has 2 rings (SSSR count). The molecule has 0 amide bonds. The van der Waals surface area contributed by atoms with Crippen molar-refractivity contribution in [1.29, 1.82) is 0 Å². The molecule has 10 heavy (non-hydrogen) atoms. The normalized spacial score (nSPS) is 8.40. The Labute approximate surface area is 64.2 Å². The highest BCUT2D eigenvalue weighted by atomic mass is 32.1. The summed E-state index contributed by atoms with van der Waals surface area (Å²) in [6, 6.07) is 0. The fraction of sp³-hybridized carbons (Fsp3) is 0. The van der Waals surface area contributed by atoms with Crippen LogP contribution in [-0.4, -0.2) is 4.98 Å². The van der Waals surface area contributed by atoms with E-state index in [0.29, 0.717) is 11.9 Å². The lowest BCUT2D eigenvalue weighted by Gasteiger charge is -1.69. The van der Waals surface area contributed by atoms with Crippen LogP contribution in [0.15, 0.2) is 29.6 Å². The second-order valence-corrected chi connectivity index (χ2v) is 2.38. The highest BCUT2D eigenvalue weighted by Crippen LogP contribution is 1.86. The molecule has 0 unspecified atom stereocenters. The first-order valence-corrected chi connectivity index (χ1v) is 3.88. The van der Waals surface area contributed by atoms with Crippen LogP contribution in [0.25, 0.3) is 0 Å². The van der Waals surface area contributed by atoms with Crippen molar-refractivity contribution in [2.75, 3.05) is 0 Å². The molecule has 4 nitrogen and oxygen atoms in total. The van der Waals surface area contributed by atoms with Gasteiger partial charge in [0.25, 0.3) is 11.9 Å². The van der Waals surface area contributed by atoms with E-state index in [0.717, 1.165) is 0 Å². The Morgan fingerprint density at radius 3 is 2.30 bits per heavy atom. The molecule has 6 heteroatoms. The quantitative estimate of drug-likeness (QED) is 0.611. The lowest BCUT2D eigenvalue weighted by molar-refractivity contribution is 0.358. The highest BCUT2D eigenvalue weighted by molar-refractivity contribution is 7.07. The van der Waals surface area contributed by atoms with E-state index in [-0.39, 0.29) is 0 Å². The Hall–Kier alpha value is -0.880. The van der Waals surface area contributed by atoms with E-state index in [1.807, 2.05) is 5.38 Å². The van der Waals surface area contributed by atoms with Gasteiger partial charge in [-0.15, -0.1) is 11.3 Å². The van der Waals surface area contributed by atoms with Crippen LogP contribution in [0.2, 0.25) is 0 Å². The van der Waals surface area contributed by atoms with Crippen LogP contribution in [0.4, 0.5) is 0 Å². The molecule has 0 aromatic carbocycles. The molecular weight excluding hydrogens is 174 g/mol. The zero-order valence-electron chi connectivity index (χ0n) is 4.72. The van der Waals surface area contributed by atoms with Crippen molar-refractivity contribution in [2.24, 2.45) is 0 Å². The van der Waals surface area contributed by atoms with E-state index in [1.165, 1.54) is 0 Å². The smallest absolute Gasteiger partial charge is 0.299 e. The molecule has 0 atom stereocenters. The van der Waals surface area contributed by atoms with E-state index in [9.17, 15) is 4.79 Å². The molecule has 0 saturated carbocycles. The lowest BCUT2D eigenvalue weighted by atomic mass is 11.0. The standard InChI is InChI=1S/C3H3NS.CO3S/c1-2-5-3-4-1;2-1-3-5-4-1/h1-3H;. The largest absolute Gasteiger partial charge is 0.546 e. The van der Waals surface area contributed by atoms with Gasteiger partial charge in [-0.3, -0.25) is 12.7 Å². The molecule has 2 heterocycles. The molecule has 0 bridgehead atoms. The molecule has 2 aromatic rings. The fourth-order valence-corrected chi connectivity index (χ4v) is 0.712. The van der Waals surface area contributed by atoms with Crippen molar-refractivity contribution < 1.29 is 7.70 Å². The van der Waals surface area contributed by atoms with Gasteiger partial charge in [0, 0.05) is 11.6 Å². The van der Waals surface area contributed by atoms with Crippen LogP contribution in [0.5, 0.6) is 0 Å². The summed E-state index contributed by atoms with van der Waals surface area (Å²) in [5.41, 5.74) is 1.79. The molecular formula is C4H3NO3S2. The van der Waals surface area contributed by atoms with Gasteiger partial charge in [-0.2, -0.15) is 0 Å². The predicted molar refractivity (Wildman–Crippen MR) is 37.2 cm³/mol. The predicted octanol–water partition coefficient (Wildman–Crippen LogP) is 1.44. The van der Waals surface area contributed by atoms with Gasteiger partial charge in [0.2, 0.25) is 0 Å². The average molecular weight is 177 g/mol. The monoisotopic (exact) mass is 177 g/mol. The Kier molecular flexibility index (Phi) is 2.91. The van der Waals surface area contributed by atoms with Crippen molar-refractivity contribution in [3.63, 3.8) is 0 Å². The Morgan fingerprint density at radius 2 is 2.20 bits per heavy atom. The zero-order valence-corrected chi connectivity index (χ0v) is 6.35. The van der Waals surface area contributed by atoms with E-state index in [2.05, 4.69) is 12.7 Å². The molecule has 2 aromatic heterocycles. The first kappa shape index (κ1) is 7.23. The molecule has 54 valence electrons. The van der Waals surface area contributed by atoms with Gasteiger partial charge in [-0.05, 0) is 0 Å². The van der Waals surface area contributed by atoms with Crippen LogP contribution in [0, 0.1) is 0 Å². The minimum absolute atomic E-state index is 0.602. The summed E-state index contributed by atoms with van der Waals surface area (Å²) in [5, 5.41) is 1.93. The molecule has 0 radical (unpaired) electrons. The SMILES string of the molecule is O=c1oso1.c1cscn1. The van der Waals surface area contributed by atoms with Crippen LogP contribution < -0.4 is 5.82 Å². The van der Waals surface area contributed by atoms with Gasteiger partial charge in [-0.25, -0.2) is 4.79 Å². The summed E-state index contributed by atoms with van der Waals surface area (Å²) < 4.78 is 7.97. The van der Waals surface area contributed by atoms with Gasteiger partial charge >= 0.3 is 5.82 Å². The number of hydrogen-bond acceptors (Lipinski definition) is 6. The Balaban J connectivity index is 0.0000001000. The summed E-state index contributed by atoms with van der Waals surface area (Å²) in [4.78, 5) is 13.2. The Morgan fingerprint density at radius 1 is 1.50 bits per heavy atom. The van der Waals surface area contributed by atoms with Gasteiger partial charge in [0.15, 0.2) is 0 Å². The molecule has 0 N–H and O–H groups in total. The third kappa shape index (κ3) is 2.60. The average Bonchev–Trinajstić information content (AvgIpc) is 2.38. The number of thiazole rings is 1. The molecule has 0 aliphatic rings. The van der Waals surface area contributed by atoms with Crippen molar-refractivity contribution in [3.05, 3.63) is 27.7 Å². The van der Waals surface area contributed by atoms with E-state index in [1.54, 1.807) is 23.0 Å². The third-order valence-corrected chi connectivity index (χ3v) is 1.48. The molecule has 0 saturated heterocycles. The zero-order chi connectivity index (χ0) is 7.23. The van der Waals surface area contributed by atoms with Gasteiger partial charge in [0.1, 0.15) is 0 Å². The van der Waals surface area contributed by atoms with Gasteiger partial charge < -0.3 is 0 Å². The summed E-state index contributed by atoms with van der Waals surface area (Å²) in [6.45, 7) is 0. The van der Waals surface area contributed by atoms with Crippen LogP contribution in [-0.2, 0) is 0 Å². The number of rotatable bonds is 0. The fourth-order valence-electron chi connectivity index (χ4n) is 0.237. The number of nitrogens with zero attached hydrogens (tertiary/aromatic N) is 1. The van der Waals surface area contributed by atoms with E-state index in [4.69, 9.17) is 0 Å². The van der Waals surface area contributed by atoms with Gasteiger partial charge in [-0.1, -0.05) is 0 Å². The Bertz CT molecular complexity index is 250. The molecule has 0 aliphatic carbocycles. The summed E-state index contributed by atoms with van der Waals surface area (Å²) in [6.07, 6.45) is 1.77. The maximum absolute atomic E-state index is 9.43. The number of aromatic nitrogens is 1. The summed E-state index contributed by atoms with van der Waals surface area (Å²) >= 11 is 2.30. The maximum atomic E-state index is 9.43. The van der Waals surface area contributed by atoms with Crippen LogP contribution in [0.3, 0.4) is 0 Å². The first-order valence-electron chi connectivity index (χ1n) is 2.27. The van der Waals surface area contributed by atoms with Crippen LogP contribution in [0.1, 0.15) is 0 Å². The molecule has 0 aliphatic heterocycles. The number of hydrogen-bond donors (Lipinski definition) is 0. The van der Waals surface area contributed by atoms with Crippen molar-refractivity contribution in [1.82, 2.24) is 4.98 Å². The molecule has 0 spiro atoms. The topological polar surface area (TPSA) is 56.2 Å². The second kappa shape index (κ2) is 4.02. The second-order valence-electron chi connectivity index (χ2n) is 1.16. The summed E-state index contributed by atoms with van der Waals surface area (Å²) in [7, 11) is 0. The van der Waals surface area contributed by atoms with Crippen molar-refractivity contribution >= 4 is 23.3 Å². The molecule has 0 fully saturated rings. The van der Waals surface area contributed by atoms with Crippen molar-refractivity contribution in [2.45, 2.75) is 0 Å². The first-order chi connectivity index (χ1) is 4.89. The third-order valence-electron chi connectivity index (χ3n) is 0.551. The maximum Gasteiger partial charge on any atom is 0.546 e. The highest BCUT2D eigenvalue weighted by Gasteiger charge is 1.83. The van der Waals surface area contributed by atoms with E-state index >= 15 is 0 Å². The summed E-state index contributed by atoms with van der Waals surface area (Å²) in [5.74, 6) is -0.602. The minimum atomic E-state index is -0.602. The van der Waals surface area contributed by atoms with Gasteiger partial charge in [0.05, 0.1) is 5.51 Å². The van der Waals surface area contributed by atoms with E-state index < -0.39 is 5.82 Å². The van der Waals surface area contributed by atoms with Crippen molar-refractivity contribution in [3.8, 4) is 0 Å².